The number of halogens is 2. The van der Waals surface area contributed by atoms with Crippen LogP contribution in [0.1, 0.15) is 6.92 Å². The second-order valence-electron chi connectivity index (χ2n) is 9.15. The van der Waals surface area contributed by atoms with Crippen molar-refractivity contribution in [1.29, 1.82) is 0 Å². The van der Waals surface area contributed by atoms with Crippen molar-refractivity contribution in [2.75, 3.05) is 17.4 Å². The topological polar surface area (TPSA) is 82.3 Å². The minimum Gasteiger partial charge on any atom is -0.452 e. The lowest BCUT2D eigenvalue weighted by Gasteiger charge is -2.31. The molecule has 2 N–H and O–H groups in total. The summed E-state index contributed by atoms with van der Waals surface area (Å²) in [7, 11) is 1.68. The van der Waals surface area contributed by atoms with E-state index in [1.165, 1.54) is 41.4 Å². The number of aromatic nitrogens is 2. The van der Waals surface area contributed by atoms with Gasteiger partial charge < -0.3 is 15.2 Å². The van der Waals surface area contributed by atoms with Crippen LogP contribution >= 0.6 is 11.3 Å². The van der Waals surface area contributed by atoms with E-state index < -0.39 is 23.8 Å². The van der Waals surface area contributed by atoms with Crippen LogP contribution in [0.2, 0.25) is 0 Å². The molecule has 202 valence electrons. The van der Waals surface area contributed by atoms with Gasteiger partial charge in [0.1, 0.15) is 11.3 Å². The quantitative estimate of drug-likeness (QED) is 0.264. The molecular weight excluding hydrogens is 536 g/mol. The number of nitrogens with zero attached hydrogens (tertiary/aromatic N) is 4. The SMILES string of the molecule is CC1=C(C(=O)Nc2ccc(Oc3ccnn4ccc(-c5ccsc5)c34)c(F)c2)C(O)N(c2ccc(F)cc2)N1C. The number of hydrazine groups is 1. The molecule has 0 spiro atoms. The molecule has 3 aromatic heterocycles. The number of rotatable bonds is 6. The number of carbonyl (C=O) groups is 1. The van der Waals surface area contributed by atoms with Gasteiger partial charge in [-0.1, -0.05) is 0 Å². The predicted molar refractivity (Wildman–Crippen MR) is 149 cm³/mol. The number of ether oxygens (including phenoxy) is 1. The molecule has 0 radical (unpaired) electrons. The van der Waals surface area contributed by atoms with Crippen molar-refractivity contribution in [2.45, 2.75) is 13.2 Å². The zero-order valence-corrected chi connectivity index (χ0v) is 22.2. The van der Waals surface area contributed by atoms with Crippen LogP contribution in [-0.4, -0.2) is 38.9 Å². The van der Waals surface area contributed by atoms with Gasteiger partial charge in [-0.3, -0.25) is 14.8 Å². The third-order valence-electron chi connectivity index (χ3n) is 6.78. The highest BCUT2D eigenvalue weighted by Crippen LogP contribution is 2.37. The number of allylic oxidation sites excluding steroid dienone is 1. The molecule has 0 bridgehead atoms. The van der Waals surface area contributed by atoms with Gasteiger partial charge in [0.25, 0.3) is 5.91 Å². The van der Waals surface area contributed by atoms with Gasteiger partial charge in [0.15, 0.2) is 23.5 Å². The van der Waals surface area contributed by atoms with Gasteiger partial charge in [-0.2, -0.15) is 16.4 Å². The van der Waals surface area contributed by atoms with Gasteiger partial charge in [0, 0.05) is 42.3 Å². The van der Waals surface area contributed by atoms with E-state index in [-0.39, 0.29) is 17.0 Å². The number of carbonyl (C=O) groups excluding carboxylic acids is 1. The Kier molecular flexibility index (Phi) is 6.45. The lowest BCUT2D eigenvalue weighted by Crippen LogP contribution is -2.41. The van der Waals surface area contributed by atoms with Crippen molar-refractivity contribution in [1.82, 2.24) is 14.6 Å². The Balaban J connectivity index is 1.22. The van der Waals surface area contributed by atoms with Crippen LogP contribution < -0.4 is 15.1 Å². The molecule has 1 unspecified atom stereocenters. The first-order valence-electron chi connectivity index (χ1n) is 12.3. The average molecular weight is 560 g/mol. The van der Waals surface area contributed by atoms with Gasteiger partial charge in [-0.05, 0) is 71.8 Å². The summed E-state index contributed by atoms with van der Waals surface area (Å²) in [6, 6.07) is 15.2. The lowest BCUT2D eigenvalue weighted by atomic mass is 10.1. The normalized spacial score (nSPS) is 15.3. The lowest BCUT2D eigenvalue weighted by molar-refractivity contribution is -0.113. The Bertz CT molecular complexity index is 1750. The third kappa shape index (κ3) is 4.44. The van der Waals surface area contributed by atoms with Crippen LogP contribution in [0.4, 0.5) is 20.2 Å². The second kappa shape index (κ2) is 10.1. The summed E-state index contributed by atoms with van der Waals surface area (Å²) in [6.07, 6.45) is 2.06. The highest BCUT2D eigenvalue weighted by molar-refractivity contribution is 7.08. The zero-order valence-electron chi connectivity index (χ0n) is 21.4. The molecule has 0 fully saturated rings. The molecule has 1 amide bonds. The van der Waals surface area contributed by atoms with E-state index in [9.17, 15) is 14.3 Å². The molecule has 0 aliphatic carbocycles. The zero-order chi connectivity index (χ0) is 28.0. The number of benzene rings is 2. The molecule has 1 atom stereocenters. The van der Waals surface area contributed by atoms with Gasteiger partial charge in [-0.15, -0.1) is 0 Å². The summed E-state index contributed by atoms with van der Waals surface area (Å²) in [6.45, 7) is 1.68. The molecule has 5 aromatic rings. The molecule has 0 saturated carbocycles. The van der Waals surface area contributed by atoms with Crippen LogP contribution in [0.15, 0.2) is 95.1 Å². The second-order valence-corrected chi connectivity index (χ2v) is 9.93. The van der Waals surface area contributed by atoms with Crippen molar-refractivity contribution >= 4 is 34.1 Å². The molecule has 0 saturated heterocycles. The van der Waals surface area contributed by atoms with Gasteiger partial charge in [-0.25, -0.2) is 13.3 Å². The third-order valence-corrected chi connectivity index (χ3v) is 7.47. The number of nitrogens with one attached hydrogen (secondary N) is 1. The number of hydrogen-bond donors (Lipinski definition) is 2. The first-order chi connectivity index (χ1) is 19.3. The van der Waals surface area contributed by atoms with Crippen LogP contribution in [0.3, 0.4) is 0 Å². The molecule has 1 aliphatic heterocycles. The van der Waals surface area contributed by atoms with E-state index in [1.54, 1.807) is 47.1 Å². The van der Waals surface area contributed by atoms with Crippen LogP contribution in [0, 0.1) is 11.6 Å². The molecule has 40 heavy (non-hydrogen) atoms. The number of aliphatic hydroxyl groups excluding tert-OH is 1. The maximum Gasteiger partial charge on any atom is 0.258 e. The fourth-order valence-corrected chi connectivity index (χ4v) is 5.38. The smallest absolute Gasteiger partial charge is 0.258 e. The standard InChI is InChI=1S/C29H23F2N5O3S/c1-17-26(29(38)36(34(17)2)21-6-3-19(30)4-7-21)28(37)33-20-5-8-24(23(31)15-20)39-25-9-12-32-35-13-10-22(27(25)35)18-11-14-40-16-18/h3-16,29,38H,1-2H3,(H,33,37). The fraction of sp³-hybridized carbons (Fsp3) is 0.103. The summed E-state index contributed by atoms with van der Waals surface area (Å²) in [5, 5.41) is 25.0. The minimum atomic E-state index is -1.32. The number of hydrogen-bond acceptors (Lipinski definition) is 7. The average Bonchev–Trinajstić information content (AvgIpc) is 3.66. The highest BCUT2D eigenvalue weighted by Gasteiger charge is 2.38. The summed E-state index contributed by atoms with van der Waals surface area (Å²) < 4.78 is 36.2. The molecule has 1 aliphatic rings. The molecule has 11 heteroatoms. The van der Waals surface area contributed by atoms with E-state index >= 15 is 4.39 Å². The van der Waals surface area contributed by atoms with Crippen molar-refractivity contribution in [3.63, 3.8) is 0 Å². The summed E-state index contributed by atoms with van der Waals surface area (Å²) in [4.78, 5) is 13.2. The number of thiophene rings is 1. The summed E-state index contributed by atoms with van der Waals surface area (Å²) in [5.41, 5.74) is 3.88. The predicted octanol–water partition coefficient (Wildman–Crippen LogP) is 6.03. The Hall–Kier alpha value is -4.74. The van der Waals surface area contributed by atoms with E-state index in [0.29, 0.717) is 22.7 Å². The molecule has 6 rings (SSSR count). The summed E-state index contributed by atoms with van der Waals surface area (Å²) >= 11 is 1.57. The van der Waals surface area contributed by atoms with Crippen LogP contribution in [0.25, 0.3) is 16.6 Å². The van der Waals surface area contributed by atoms with E-state index in [2.05, 4.69) is 10.4 Å². The van der Waals surface area contributed by atoms with E-state index in [4.69, 9.17) is 4.74 Å². The Labute approximate surface area is 231 Å². The molecule has 4 heterocycles. The highest BCUT2D eigenvalue weighted by atomic mass is 32.1. The number of amides is 1. The van der Waals surface area contributed by atoms with Crippen LogP contribution in [-0.2, 0) is 4.79 Å². The first kappa shape index (κ1) is 25.5. The Morgan fingerprint density at radius 2 is 1.88 bits per heavy atom. The monoisotopic (exact) mass is 559 g/mol. The van der Waals surface area contributed by atoms with E-state index in [1.807, 2.05) is 29.1 Å². The Morgan fingerprint density at radius 1 is 1.07 bits per heavy atom. The van der Waals surface area contributed by atoms with Gasteiger partial charge >= 0.3 is 0 Å². The molecule has 8 nitrogen and oxygen atoms in total. The Morgan fingerprint density at radius 3 is 2.60 bits per heavy atom. The largest absolute Gasteiger partial charge is 0.452 e. The van der Waals surface area contributed by atoms with Crippen molar-refractivity contribution in [3.8, 4) is 22.6 Å². The number of fused-ring (bicyclic) bond motifs is 1. The van der Waals surface area contributed by atoms with Gasteiger partial charge in [0.2, 0.25) is 0 Å². The maximum atomic E-state index is 15.2. The van der Waals surface area contributed by atoms with Crippen molar-refractivity contribution < 1.29 is 23.4 Å². The summed E-state index contributed by atoms with van der Waals surface area (Å²) in [5.74, 6) is -1.29. The van der Waals surface area contributed by atoms with Crippen molar-refractivity contribution in [2.24, 2.45) is 0 Å². The van der Waals surface area contributed by atoms with Crippen molar-refractivity contribution in [3.05, 3.63) is 107 Å². The maximum absolute atomic E-state index is 15.2. The fourth-order valence-electron chi connectivity index (χ4n) is 4.73. The molecule has 2 aromatic carbocycles. The number of anilines is 2. The van der Waals surface area contributed by atoms with Crippen LogP contribution in [0.5, 0.6) is 11.5 Å². The minimum absolute atomic E-state index is 0.0258. The first-order valence-corrected chi connectivity index (χ1v) is 13.2. The van der Waals surface area contributed by atoms with E-state index in [0.717, 1.165) is 17.2 Å². The number of aliphatic hydroxyl groups is 1. The molecular formula is C29H23F2N5O3S. The van der Waals surface area contributed by atoms with Gasteiger partial charge in [0.05, 0.1) is 17.5 Å².